The van der Waals surface area contributed by atoms with Gasteiger partial charge in [-0.25, -0.2) is 4.79 Å². The molecule has 8 nitrogen and oxygen atoms in total. The SMILES string of the molecule is NC(=O)OCCNC(=O)c1cc([N+](=O)[O-])ccc1I. The molecule has 102 valence electrons. The minimum Gasteiger partial charge on any atom is -0.448 e. The molecule has 1 aromatic carbocycles. The van der Waals surface area contributed by atoms with Gasteiger partial charge in [-0.3, -0.25) is 14.9 Å². The van der Waals surface area contributed by atoms with Crippen LogP contribution in [0.1, 0.15) is 10.4 Å². The average Bonchev–Trinajstić information content (AvgIpc) is 2.34. The van der Waals surface area contributed by atoms with E-state index in [9.17, 15) is 19.7 Å². The fraction of sp³-hybridized carbons (Fsp3) is 0.200. The molecule has 0 bridgehead atoms. The summed E-state index contributed by atoms with van der Waals surface area (Å²) in [5, 5.41) is 13.1. The van der Waals surface area contributed by atoms with Crippen LogP contribution in [0.15, 0.2) is 18.2 Å². The van der Waals surface area contributed by atoms with Gasteiger partial charge in [0.25, 0.3) is 11.6 Å². The van der Waals surface area contributed by atoms with Gasteiger partial charge in [0, 0.05) is 15.7 Å². The average molecular weight is 379 g/mol. The molecule has 0 aliphatic carbocycles. The van der Waals surface area contributed by atoms with Crippen LogP contribution in [0.25, 0.3) is 0 Å². The number of nitrogens with one attached hydrogen (secondary N) is 1. The summed E-state index contributed by atoms with van der Waals surface area (Å²) in [7, 11) is 0. The van der Waals surface area contributed by atoms with E-state index < -0.39 is 16.9 Å². The first-order valence-corrected chi connectivity index (χ1v) is 6.14. The molecule has 0 spiro atoms. The molecule has 19 heavy (non-hydrogen) atoms. The van der Waals surface area contributed by atoms with E-state index in [0.717, 1.165) is 0 Å². The predicted molar refractivity (Wildman–Crippen MR) is 73.7 cm³/mol. The number of amides is 2. The third-order valence-electron chi connectivity index (χ3n) is 2.04. The van der Waals surface area contributed by atoms with Crippen molar-refractivity contribution < 1.29 is 19.2 Å². The number of hydrogen-bond acceptors (Lipinski definition) is 5. The molecule has 0 aliphatic rings. The van der Waals surface area contributed by atoms with Crippen molar-refractivity contribution in [2.45, 2.75) is 0 Å². The van der Waals surface area contributed by atoms with Gasteiger partial charge in [-0.05, 0) is 28.7 Å². The Labute approximate surface area is 121 Å². The lowest BCUT2D eigenvalue weighted by atomic mass is 10.2. The number of carbonyl (C=O) groups is 2. The highest BCUT2D eigenvalue weighted by atomic mass is 127. The van der Waals surface area contributed by atoms with Crippen molar-refractivity contribution in [2.24, 2.45) is 5.73 Å². The topological polar surface area (TPSA) is 125 Å². The summed E-state index contributed by atoms with van der Waals surface area (Å²) in [5.74, 6) is -0.485. The number of primary amides is 1. The van der Waals surface area contributed by atoms with Crippen molar-refractivity contribution in [3.8, 4) is 0 Å². The Morgan fingerprint density at radius 2 is 2.16 bits per heavy atom. The predicted octanol–water partition coefficient (Wildman–Crippen LogP) is 1.02. The largest absolute Gasteiger partial charge is 0.448 e. The first-order chi connectivity index (χ1) is 8.91. The zero-order valence-electron chi connectivity index (χ0n) is 9.59. The molecule has 1 aromatic rings. The Hall–Kier alpha value is -1.91. The molecule has 0 radical (unpaired) electrons. The molecule has 0 atom stereocenters. The number of nitro groups is 1. The summed E-state index contributed by atoms with van der Waals surface area (Å²) in [6.45, 7) is 0.00707. The number of benzene rings is 1. The van der Waals surface area contributed by atoms with Crippen LogP contribution in [-0.2, 0) is 4.74 Å². The molecule has 2 amide bonds. The molecule has 0 saturated heterocycles. The molecule has 0 heterocycles. The van der Waals surface area contributed by atoms with E-state index in [-0.39, 0.29) is 24.4 Å². The highest BCUT2D eigenvalue weighted by molar-refractivity contribution is 14.1. The maximum absolute atomic E-state index is 11.8. The second kappa shape index (κ2) is 6.87. The zero-order chi connectivity index (χ0) is 14.4. The summed E-state index contributed by atoms with van der Waals surface area (Å²) in [6, 6.07) is 3.98. The zero-order valence-corrected chi connectivity index (χ0v) is 11.7. The van der Waals surface area contributed by atoms with Gasteiger partial charge in [0.1, 0.15) is 6.61 Å². The number of carbonyl (C=O) groups excluding carboxylic acids is 2. The molecule has 0 saturated carbocycles. The molecular formula is C10H10IN3O5. The molecule has 3 N–H and O–H groups in total. The first kappa shape index (κ1) is 15.1. The maximum Gasteiger partial charge on any atom is 0.404 e. The monoisotopic (exact) mass is 379 g/mol. The second-order valence-corrected chi connectivity index (χ2v) is 4.51. The van der Waals surface area contributed by atoms with Crippen molar-refractivity contribution in [2.75, 3.05) is 13.2 Å². The number of hydrogen-bond donors (Lipinski definition) is 2. The van der Waals surface area contributed by atoms with E-state index in [4.69, 9.17) is 5.73 Å². The van der Waals surface area contributed by atoms with E-state index in [1.54, 1.807) is 0 Å². The molecule has 0 aromatic heterocycles. The number of rotatable bonds is 5. The number of non-ortho nitro benzene ring substituents is 1. The molecule has 0 unspecified atom stereocenters. The Morgan fingerprint density at radius 1 is 1.47 bits per heavy atom. The van der Waals surface area contributed by atoms with E-state index in [1.807, 2.05) is 22.6 Å². The van der Waals surface area contributed by atoms with Crippen LogP contribution in [0.5, 0.6) is 0 Å². The summed E-state index contributed by atoms with van der Waals surface area (Å²) < 4.78 is 5.01. The van der Waals surface area contributed by atoms with Gasteiger partial charge < -0.3 is 15.8 Å². The van der Waals surface area contributed by atoms with Crippen molar-refractivity contribution >= 4 is 40.3 Å². The van der Waals surface area contributed by atoms with Gasteiger partial charge in [-0.2, -0.15) is 0 Å². The Bertz CT molecular complexity index is 520. The molecule has 9 heteroatoms. The molecular weight excluding hydrogens is 369 g/mol. The quantitative estimate of drug-likeness (QED) is 0.342. The van der Waals surface area contributed by atoms with Gasteiger partial charge in [-0.1, -0.05) is 0 Å². The highest BCUT2D eigenvalue weighted by Crippen LogP contribution is 2.19. The summed E-state index contributed by atoms with van der Waals surface area (Å²) in [4.78, 5) is 32.1. The van der Waals surface area contributed by atoms with Crippen molar-refractivity contribution in [3.63, 3.8) is 0 Å². The number of nitro benzene ring substituents is 1. The van der Waals surface area contributed by atoms with Crippen LogP contribution in [0.4, 0.5) is 10.5 Å². The van der Waals surface area contributed by atoms with Crippen molar-refractivity contribution in [1.82, 2.24) is 5.32 Å². The van der Waals surface area contributed by atoms with Crippen LogP contribution in [0.2, 0.25) is 0 Å². The Kier molecular flexibility index (Phi) is 5.48. The van der Waals surface area contributed by atoms with Crippen molar-refractivity contribution in [1.29, 1.82) is 0 Å². The minimum atomic E-state index is -0.931. The number of nitrogens with two attached hydrogens (primary N) is 1. The lowest BCUT2D eigenvalue weighted by Gasteiger charge is -2.06. The fourth-order valence-electron chi connectivity index (χ4n) is 1.21. The van der Waals surface area contributed by atoms with Gasteiger partial charge >= 0.3 is 6.09 Å². The minimum absolute atomic E-state index is 0.0629. The number of halogens is 1. The number of ether oxygens (including phenoxy) is 1. The van der Waals surface area contributed by atoms with Crippen LogP contribution < -0.4 is 11.1 Å². The first-order valence-electron chi connectivity index (χ1n) is 5.06. The van der Waals surface area contributed by atoms with Crippen LogP contribution in [-0.4, -0.2) is 30.1 Å². The summed E-state index contributed by atoms with van der Waals surface area (Å²) in [5.41, 5.74) is 4.77. The van der Waals surface area contributed by atoms with Gasteiger partial charge in [-0.15, -0.1) is 0 Å². The Morgan fingerprint density at radius 3 is 2.74 bits per heavy atom. The standard InChI is InChI=1S/C10H10IN3O5/c11-8-2-1-6(14(17)18)5-7(8)9(15)13-3-4-19-10(12)16/h1-2,5H,3-4H2,(H2,12,16)(H,13,15). The van der Waals surface area contributed by atoms with Gasteiger partial charge in [0.15, 0.2) is 0 Å². The molecule has 0 fully saturated rings. The third-order valence-corrected chi connectivity index (χ3v) is 2.98. The second-order valence-electron chi connectivity index (χ2n) is 3.34. The van der Waals surface area contributed by atoms with Crippen LogP contribution in [0, 0.1) is 13.7 Å². The number of nitrogens with zero attached hydrogens (tertiary/aromatic N) is 1. The van der Waals surface area contributed by atoms with Crippen LogP contribution in [0.3, 0.4) is 0 Å². The highest BCUT2D eigenvalue weighted by Gasteiger charge is 2.15. The van der Waals surface area contributed by atoms with Crippen LogP contribution >= 0.6 is 22.6 Å². The van der Waals surface area contributed by atoms with E-state index in [1.165, 1.54) is 18.2 Å². The lowest BCUT2D eigenvalue weighted by molar-refractivity contribution is -0.384. The van der Waals surface area contributed by atoms with Gasteiger partial charge in [0.05, 0.1) is 17.0 Å². The van der Waals surface area contributed by atoms with Gasteiger partial charge in [0.2, 0.25) is 0 Å². The maximum atomic E-state index is 11.8. The molecule has 0 aliphatic heterocycles. The van der Waals surface area contributed by atoms with E-state index in [2.05, 4.69) is 10.1 Å². The normalized spacial score (nSPS) is 9.74. The summed E-state index contributed by atoms with van der Waals surface area (Å²) in [6.07, 6.45) is -0.931. The van der Waals surface area contributed by atoms with E-state index in [0.29, 0.717) is 3.57 Å². The lowest BCUT2D eigenvalue weighted by Crippen LogP contribution is -2.29. The third kappa shape index (κ3) is 4.69. The smallest absolute Gasteiger partial charge is 0.404 e. The molecule has 1 rings (SSSR count). The van der Waals surface area contributed by atoms with Crippen molar-refractivity contribution in [3.05, 3.63) is 37.4 Å². The van der Waals surface area contributed by atoms with E-state index >= 15 is 0 Å². The fourth-order valence-corrected chi connectivity index (χ4v) is 1.79. The summed E-state index contributed by atoms with van der Waals surface area (Å²) >= 11 is 1.90. The Balaban J connectivity index is 2.68.